The molecule has 1 saturated heterocycles. The van der Waals surface area contributed by atoms with Gasteiger partial charge in [0.15, 0.2) is 4.08 Å². The van der Waals surface area contributed by atoms with Crippen molar-refractivity contribution in [3.05, 3.63) is 0 Å². The quantitative estimate of drug-likeness (QED) is 0.699. The Morgan fingerprint density at radius 2 is 1.93 bits per heavy atom. The maximum atomic E-state index is 11.9. The Kier molecular flexibility index (Phi) is 5.86. The van der Waals surface area contributed by atoms with E-state index in [1.807, 2.05) is 13.8 Å². The molecule has 0 atom stereocenters. The van der Waals surface area contributed by atoms with Gasteiger partial charge in [-0.15, -0.1) is 23.5 Å². The van der Waals surface area contributed by atoms with Crippen LogP contribution in [0, 0.1) is 0 Å². The highest BCUT2D eigenvalue weighted by Crippen LogP contribution is 2.43. The molecule has 0 spiro atoms. The van der Waals surface area contributed by atoms with Crippen LogP contribution in [0.1, 0.15) is 20.3 Å². The third kappa shape index (κ3) is 3.57. The lowest BCUT2D eigenvalue weighted by Crippen LogP contribution is -2.41. The predicted octanol–water partition coefficient (Wildman–Crippen LogP) is 2.15. The van der Waals surface area contributed by atoms with Gasteiger partial charge in [-0.05, 0) is 31.8 Å². The van der Waals surface area contributed by atoms with Gasteiger partial charge in [0.2, 0.25) is 0 Å². The second-order valence-corrected chi connectivity index (χ2v) is 6.21. The number of carbonyl (C=O) groups excluding carboxylic acids is 1. The summed E-state index contributed by atoms with van der Waals surface area (Å²) in [6, 6.07) is 0. The summed E-state index contributed by atoms with van der Waals surface area (Å²) in [6.45, 7) is 5.31. The molecule has 0 radical (unpaired) electrons. The molecule has 3 nitrogen and oxygen atoms in total. The van der Waals surface area contributed by atoms with Gasteiger partial charge < -0.3 is 9.47 Å². The molecule has 88 valence electrons. The Bertz CT molecular complexity index is 203. The van der Waals surface area contributed by atoms with E-state index in [9.17, 15) is 4.79 Å². The van der Waals surface area contributed by atoms with E-state index < -0.39 is 4.08 Å². The molecule has 0 saturated carbocycles. The second-order valence-electron chi connectivity index (χ2n) is 3.16. The zero-order chi connectivity index (χ0) is 11.1. The Morgan fingerprint density at radius 3 is 2.47 bits per heavy atom. The van der Waals surface area contributed by atoms with E-state index in [2.05, 4.69) is 0 Å². The first-order valence-corrected chi connectivity index (χ1v) is 7.25. The largest absolute Gasteiger partial charge is 0.464 e. The predicted molar refractivity (Wildman–Crippen MR) is 65.4 cm³/mol. The summed E-state index contributed by atoms with van der Waals surface area (Å²) in [7, 11) is 0. The standard InChI is InChI=1S/C10H18O3S2/c1-3-12-8-10(9(11)13-4-2)14-6-5-7-15-10/h3-8H2,1-2H3. The SMILES string of the molecule is CCOCC1(C(=O)OCC)SCCCS1. The van der Waals surface area contributed by atoms with E-state index in [0.717, 1.165) is 17.9 Å². The van der Waals surface area contributed by atoms with Crippen LogP contribution in [-0.2, 0) is 14.3 Å². The van der Waals surface area contributed by atoms with E-state index >= 15 is 0 Å². The van der Waals surface area contributed by atoms with Gasteiger partial charge in [0.05, 0.1) is 13.2 Å². The van der Waals surface area contributed by atoms with Gasteiger partial charge in [-0.3, -0.25) is 0 Å². The van der Waals surface area contributed by atoms with Gasteiger partial charge in [0.25, 0.3) is 0 Å². The first kappa shape index (κ1) is 13.2. The van der Waals surface area contributed by atoms with Crippen molar-refractivity contribution in [3.63, 3.8) is 0 Å². The van der Waals surface area contributed by atoms with Crippen LogP contribution in [0.5, 0.6) is 0 Å². The van der Waals surface area contributed by atoms with Crippen LogP contribution in [0.15, 0.2) is 0 Å². The molecule has 0 N–H and O–H groups in total. The van der Waals surface area contributed by atoms with Crippen LogP contribution in [0.2, 0.25) is 0 Å². The molecule has 1 aliphatic heterocycles. The molecule has 0 aliphatic carbocycles. The Balaban J connectivity index is 2.61. The van der Waals surface area contributed by atoms with Crippen LogP contribution < -0.4 is 0 Å². The number of hydrogen-bond donors (Lipinski definition) is 0. The number of carbonyl (C=O) groups is 1. The zero-order valence-corrected chi connectivity index (χ0v) is 10.9. The fourth-order valence-electron chi connectivity index (χ4n) is 1.31. The highest BCUT2D eigenvalue weighted by atomic mass is 32.2. The minimum Gasteiger partial charge on any atom is -0.464 e. The van der Waals surface area contributed by atoms with Crippen LogP contribution in [0.25, 0.3) is 0 Å². The van der Waals surface area contributed by atoms with Gasteiger partial charge in [-0.25, -0.2) is 4.79 Å². The minimum atomic E-state index is -0.510. The summed E-state index contributed by atoms with van der Waals surface area (Å²) in [5.74, 6) is 1.89. The maximum Gasteiger partial charge on any atom is 0.334 e. The summed E-state index contributed by atoms with van der Waals surface area (Å²) in [5.41, 5.74) is 0. The van der Waals surface area contributed by atoms with E-state index in [0.29, 0.717) is 19.8 Å². The van der Waals surface area contributed by atoms with E-state index in [-0.39, 0.29) is 5.97 Å². The lowest BCUT2D eigenvalue weighted by molar-refractivity contribution is -0.144. The molecule has 0 unspecified atom stereocenters. The summed E-state index contributed by atoms with van der Waals surface area (Å²) in [5, 5.41) is 0. The van der Waals surface area contributed by atoms with Crippen molar-refractivity contribution in [1.29, 1.82) is 0 Å². The Morgan fingerprint density at radius 1 is 1.27 bits per heavy atom. The summed E-state index contributed by atoms with van der Waals surface area (Å²) in [6.07, 6.45) is 1.16. The van der Waals surface area contributed by atoms with Gasteiger partial charge in [0, 0.05) is 6.61 Å². The summed E-state index contributed by atoms with van der Waals surface area (Å²) >= 11 is 3.32. The maximum absolute atomic E-state index is 11.9. The Hall–Kier alpha value is 0.130. The first-order chi connectivity index (χ1) is 7.25. The summed E-state index contributed by atoms with van der Waals surface area (Å²) < 4.78 is 10.0. The van der Waals surface area contributed by atoms with Crippen LogP contribution in [0.4, 0.5) is 0 Å². The van der Waals surface area contributed by atoms with Gasteiger partial charge in [-0.1, -0.05) is 0 Å². The first-order valence-electron chi connectivity index (χ1n) is 5.28. The molecule has 5 heteroatoms. The molecule has 0 aromatic carbocycles. The van der Waals surface area contributed by atoms with Crippen molar-refractivity contribution >= 4 is 29.5 Å². The van der Waals surface area contributed by atoms with Crippen molar-refractivity contribution in [1.82, 2.24) is 0 Å². The van der Waals surface area contributed by atoms with Gasteiger partial charge in [-0.2, -0.15) is 0 Å². The fourth-order valence-corrected chi connectivity index (χ4v) is 4.25. The lowest BCUT2D eigenvalue weighted by atomic mass is 10.4. The third-order valence-electron chi connectivity index (χ3n) is 2.04. The van der Waals surface area contributed by atoms with Crippen LogP contribution in [-0.4, -0.2) is 41.4 Å². The fraction of sp³-hybridized carbons (Fsp3) is 0.900. The monoisotopic (exact) mass is 250 g/mol. The van der Waals surface area contributed by atoms with Crippen molar-refractivity contribution < 1.29 is 14.3 Å². The van der Waals surface area contributed by atoms with E-state index in [4.69, 9.17) is 9.47 Å². The number of ether oxygens (including phenoxy) is 2. The molecule has 15 heavy (non-hydrogen) atoms. The zero-order valence-electron chi connectivity index (χ0n) is 9.28. The molecule has 0 bridgehead atoms. The molecule has 1 aliphatic rings. The normalized spacial score (nSPS) is 19.9. The second kappa shape index (κ2) is 6.66. The third-order valence-corrected chi connectivity index (χ3v) is 5.24. The Labute approximate surface area is 99.7 Å². The number of rotatable bonds is 5. The average Bonchev–Trinajstić information content (AvgIpc) is 2.28. The molecule has 0 amide bonds. The topological polar surface area (TPSA) is 35.5 Å². The number of thioether (sulfide) groups is 2. The van der Waals surface area contributed by atoms with E-state index in [1.54, 1.807) is 23.5 Å². The molecule has 0 aromatic rings. The van der Waals surface area contributed by atoms with Gasteiger partial charge >= 0.3 is 5.97 Å². The lowest BCUT2D eigenvalue weighted by Gasteiger charge is -2.32. The number of esters is 1. The number of hydrogen-bond acceptors (Lipinski definition) is 5. The molecule has 1 heterocycles. The highest BCUT2D eigenvalue weighted by Gasteiger charge is 2.43. The van der Waals surface area contributed by atoms with Crippen LogP contribution >= 0.6 is 23.5 Å². The van der Waals surface area contributed by atoms with Crippen LogP contribution in [0.3, 0.4) is 0 Å². The van der Waals surface area contributed by atoms with Crippen molar-refractivity contribution in [3.8, 4) is 0 Å². The minimum absolute atomic E-state index is 0.131. The highest BCUT2D eigenvalue weighted by molar-refractivity contribution is 8.19. The van der Waals surface area contributed by atoms with Crippen molar-refractivity contribution in [2.45, 2.75) is 24.3 Å². The molecule has 0 aromatic heterocycles. The molecular formula is C10H18O3S2. The summed E-state index contributed by atoms with van der Waals surface area (Å²) in [4.78, 5) is 11.9. The van der Waals surface area contributed by atoms with Gasteiger partial charge in [0.1, 0.15) is 0 Å². The smallest absolute Gasteiger partial charge is 0.334 e. The molecular weight excluding hydrogens is 232 g/mol. The molecule has 1 rings (SSSR count). The molecule has 1 fully saturated rings. The average molecular weight is 250 g/mol. The van der Waals surface area contributed by atoms with Crippen molar-refractivity contribution in [2.75, 3.05) is 31.3 Å². The van der Waals surface area contributed by atoms with E-state index in [1.165, 1.54) is 0 Å². The van der Waals surface area contributed by atoms with Crippen molar-refractivity contribution in [2.24, 2.45) is 0 Å².